The van der Waals surface area contributed by atoms with Gasteiger partial charge >= 0.3 is 0 Å². The van der Waals surface area contributed by atoms with E-state index in [0.717, 1.165) is 19.6 Å². The molecule has 0 unspecified atom stereocenters. The topological polar surface area (TPSA) is 84.0 Å². The molecular formula is C13H20N4O2. The van der Waals surface area contributed by atoms with Crippen LogP contribution in [0.4, 0.5) is 0 Å². The number of pyridine rings is 1. The number of hydrogen-bond acceptors (Lipinski definition) is 5. The van der Waals surface area contributed by atoms with E-state index in [1.54, 1.807) is 18.2 Å². The Morgan fingerprint density at radius 1 is 1.37 bits per heavy atom. The molecule has 1 aliphatic rings. The summed E-state index contributed by atoms with van der Waals surface area (Å²) in [7, 11) is 0. The van der Waals surface area contributed by atoms with Gasteiger partial charge in [-0.15, -0.1) is 0 Å². The summed E-state index contributed by atoms with van der Waals surface area (Å²) in [5, 5.41) is 11.5. The Morgan fingerprint density at radius 3 is 2.89 bits per heavy atom. The summed E-state index contributed by atoms with van der Waals surface area (Å²) in [5.41, 5.74) is 5.90. The highest BCUT2D eigenvalue weighted by Crippen LogP contribution is 2.10. The van der Waals surface area contributed by atoms with Crippen molar-refractivity contribution in [2.75, 3.05) is 26.2 Å². The van der Waals surface area contributed by atoms with Crippen LogP contribution in [-0.2, 0) is 0 Å². The zero-order chi connectivity index (χ0) is 13.5. The molecule has 0 spiro atoms. The Kier molecular flexibility index (Phi) is 4.97. The SMILES string of the molecule is NC(=NO)c1cccc(OCCN2CCCCC2)n1. The van der Waals surface area contributed by atoms with Crippen molar-refractivity contribution in [1.29, 1.82) is 0 Å². The third-order valence-corrected chi connectivity index (χ3v) is 3.20. The van der Waals surface area contributed by atoms with Crippen molar-refractivity contribution in [1.82, 2.24) is 9.88 Å². The highest BCUT2D eigenvalue weighted by Gasteiger charge is 2.10. The summed E-state index contributed by atoms with van der Waals surface area (Å²) in [4.78, 5) is 6.57. The van der Waals surface area contributed by atoms with Crippen molar-refractivity contribution in [2.45, 2.75) is 19.3 Å². The first kappa shape index (κ1) is 13.6. The van der Waals surface area contributed by atoms with E-state index in [1.165, 1.54) is 19.3 Å². The number of nitrogens with zero attached hydrogens (tertiary/aromatic N) is 3. The van der Waals surface area contributed by atoms with Gasteiger partial charge in [-0.25, -0.2) is 4.98 Å². The molecule has 0 bridgehead atoms. The first-order chi connectivity index (χ1) is 9.29. The first-order valence-electron chi connectivity index (χ1n) is 6.59. The molecule has 0 aliphatic carbocycles. The Hall–Kier alpha value is -1.82. The molecule has 1 aromatic heterocycles. The van der Waals surface area contributed by atoms with Gasteiger partial charge in [0.15, 0.2) is 5.84 Å². The van der Waals surface area contributed by atoms with E-state index in [1.807, 2.05) is 0 Å². The number of rotatable bonds is 5. The Morgan fingerprint density at radius 2 is 2.16 bits per heavy atom. The lowest BCUT2D eigenvalue weighted by molar-refractivity contribution is 0.180. The molecule has 19 heavy (non-hydrogen) atoms. The lowest BCUT2D eigenvalue weighted by Crippen LogP contribution is -2.33. The van der Waals surface area contributed by atoms with E-state index in [0.29, 0.717) is 18.2 Å². The number of hydrogen-bond donors (Lipinski definition) is 2. The van der Waals surface area contributed by atoms with Crippen molar-refractivity contribution in [2.24, 2.45) is 10.9 Å². The lowest BCUT2D eigenvalue weighted by atomic mass is 10.1. The smallest absolute Gasteiger partial charge is 0.213 e. The van der Waals surface area contributed by atoms with Gasteiger partial charge in [0.2, 0.25) is 5.88 Å². The molecule has 0 aromatic carbocycles. The second-order valence-electron chi connectivity index (χ2n) is 4.60. The van der Waals surface area contributed by atoms with Crippen LogP contribution in [0.5, 0.6) is 5.88 Å². The van der Waals surface area contributed by atoms with Crippen molar-refractivity contribution in [3.8, 4) is 5.88 Å². The molecule has 2 heterocycles. The summed E-state index contributed by atoms with van der Waals surface area (Å²) in [6.07, 6.45) is 3.88. The van der Waals surface area contributed by atoms with E-state index >= 15 is 0 Å². The molecule has 0 saturated carbocycles. The summed E-state index contributed by atoms with van der Waals surface area (Å²) in [5.74, 6) is 0.489. The standard InChI is InChI=1S/C13H20N4O2/c14-13(16-18)11-5-4-6-12(15-11)19-10-9-17-7-2-1-3-8-17/h4-6,18H,1-3,7-10H2,(H2,14,16). The van der Waals surface area contributed by atoms with Gasteiger partial charge in [-0.3, -0.25) is 4.90 Å². The molecule has 1 fully saturated rings. The van der Waals surface area contributed by atoms with Gasteiger partial charge in [-0.05, 0) is 32.0 Å². The largest absolute Gasteiger partial charge is 0.476 e. The fourth-order valence-corrected chi connectivity index (χ4v) is 2.15. The summed E-state index contributed by atoms with van der Waals surface area (Å²) in [6.45, 7) is 3.82. The second-order valence-corrected chi connectivity index (χ2v) is 4.60. The van der Waals surface area contributed by atoms with Crippen LogP contribution < -0.4 is 10.5 Å². The number of piperidine rings is 1. The van der Waals surface area contributed by atoms with Gasteiger partial charge in [0.25, 0.3) is 0 Å². The minimum atomic E-state index is -0.0125. The highest BCUT2D eigenvalue weighted by molar-refractivity contribution is 5.95. The van der Waals surface area contributed by atoms with Crippen LogP contribution in [0.2, 0.25) is 0 Å². The van der Waals surface area contributed by atoms with Gasteiger partial charge < -0.3 is 15.7 Å². The average Bonchev–Trinajstić information content (AvgIpc) is 2.48. The molecule has 0 atom stereocenters. The monoisotopic (exact) mass is 264 g/mol. The normalized spacial score (nSPS) is 17.4. The Balaban J connectivity index is 1.82. The molecule has 6 heteroatoms. The van der Waals surface area contributed by atoms with Crippen LogP contribution in [0, 0.1) is 0 Å². The van der Waals surface area contributed by atoms with Crippen LogP contribution in [0.25, 0.3) is 0 Å². The maximum Gasteiger partial charge on any atom is 0.213 e. The molecule has 1 aliphatic heterocycles. The van der Waals surface area contributed by atoms with Crippen molar-refractivity contribution in [3.05, 3.63) is 23.9 Å². The zero-order valence-corrected chi connectivity index (χ0v) is 11.0. The van der Waals surface area contributed by atoms with Crippen molar-refractivity contribution >= 4 is 5.84 Å². The highest BCUT2D eigenvalue weighted by atomic mass is 16.5. The van der Waals surface area contributed by atoms with Crippen LogP contribution in [0.3, 0.4) is 0 Å². The fourth-order valence-electron chi connectivity index (χ4n) is 2.15. The maximum absolute atomic E-state index is 8.60. The summed E-state index contributed by atoms with van der Waals surface area (Å²) < 4.78 is 5.60. The molecule has 104 valence electrons. The van der Waals surface area contributed by atoms with E-state index < -0.39 is 0 Å². The predicted molar refractivity (Wildman–Crippen MR) is 72.5 cm³/mol. The summed E-state index contributed by atoms with van der Waals surface area (Å²) in [6, 6.07) is 5.22. The number of likely N-dealkylation sites (tertiary alicyclic amines) is 1. The zero-order valence-electron chi connectivity index (χ0n) is 11.0. The molecule has 2 rings (SSSR count). The lowest BCUT2D eigenvalue weighted by Gasteiger charge is -2.26. The van der Waals surface area contributed by atoms with Gasteiger partial charge in [-0.1, -0.05) is 17.6 Å². The molecule has 3 N–H and O–H groups in total. The van der Waals surface area contributed by atoms with Gasteiger partial charge in [-0.2, -0.15) is 0 Å². The minimum Gasteiger partial charge on any atom is -0.476 e. The third-order valence-electron chi connectivity index (χ3n) is 3.20. The van der Waals surface area contributed by atoms with E-state index in [4.69, 9.17) is 15.7 Å². The molecule has 6 nitrogen and oxygen atoms in total. The Labute approximate surface area is 112 Å². The summed E-state index contributed by atoms with van der Waals surface area (Å²) >= 11 is 0. The quantitative estimate of drug-likeness (QED) is 0.359. The van der Waals surface area contributed by atoms with Crippen molar-refractivity contribution in [3.63, 3.8) is 0 Å². The van der Waals surface area contributed by atoms with Gasteiger partial charge in [0, 0.05) is 12.6 Å². The molecule has 0 radical (unpaired) electrons. The van der Waals surface area contributed by atoms with Gasteiger partial charge in [0.05, 0.1) is 0 Å². The van der Waals surface area contributed by atoms with Crippen molar-refractivity contribution < 1.29 is 9.94 Å². The number of oxime groups is 1. The minimum absolute atomic E-state index is 0.0125. The molecular weight excluding hydrogens is 244 g/mol. The maximum atomic E-state index is 8.60. The van der Waals surface area contributed by atoms with E-state index in [-0.39, 0.29) is 5.84 Å². The van der Waals surface area contributed by atoms with E-state index in [2.05, 4.69) is 15.0 Å². The van der Waals surface area contributed by atoms with E-state index in [9.17, 15) is 0 Å². The average molecular weight is 264 g/mol. The first-order valence-corrected chi connectivity index (χ1v) is 6.59. The number of aromatic nitrogens is 1. The molecule has 1 aromatic rings. The Bertz CT molecular complexity index is 430. The number of nitrogens with two attached hydrogens (primary N) is 1. The van der Waals surface area contributed by atoms with Crippen LogP contribution in [0.15, 0.2) is 23.4 Å². The third kappa shape index (κ3) is 4.10. The molecule has 1 saturated heterocycles. The predicted octanol–water partition coefficient (Wildman–Crippen LogP) is 1.04. The second kappa shape index (κ2) is 6.94. The van der Waals surface area contributed by atoms with Crippen LogP contribution >= 0.6 is 0 Å². The number of ether oxygens (including phenoxy) is 1. The molecule has 0 amide bonds. The van der Waals surface area contributed by atoms with Crippen LogP contribution in [-0.4, -0.2) is 47.2 Å². The number of amidine groups is 1. The fraction of sp³-hybridized carbons (Fsp3) is 0.538. The van der Waals surface area contributed by atoms with Crippen LogP contribution in [0.1, 0.15) is 25.0 Å². The van der Waals surface area contributed by atoms with Gasteiger partial charge in [0.1, 0.15) is 12.3 Å².